The van der Waals surface area contributed by atoms with Crippen molar-refractivity contribution in [3.8, 4) is 0 Å². The topological polar surface area (TPSA) is 93.7 Å². The highest BCUT2D eigenvalue weighted by molar-refractivity contribution is 7.89. The minimum atomic E-state index is -3.85. The van der Waals surface area contributed by atoms with Crippen LogP contribution in [0.25, 0.3) is 0 Å². The summed E-state index contributed by atoms with van der Waals surface area (Å²) >= 11 is 0. The zero-order chi connectivity index (χ0) is 16.9. The first kappa shape index (κ1) is 16.5. The van der Waals surface area contributed by atoms with E-state index in [1.165, 1.54) is 24.6 Å². The van der Waals surface area contributed by atoms with E-state index in [1.807, 2.05) is 0 Å². The number of benzene rings is 1. The highest BCUT2D eigenvalue weighted by atomic mass is 32.2. The van der Waals surface area contributed by atoms with E-state index in [0.29, 0.717) is 12.2 Å². The Morgan fingerprint density at radius 3 is 2.52 bits per heavy atom. The van der Waals surface area contributed by atoms with Gasteiger partial charge in [-0.15, -0.1) is 5.73 Å². The molecule has 0 fully saturated rings. The molecular weight excluding hydrogens is 320 g/mol. The fourth-order valence-electron chi connectivity index (χ4n) is 1.91. The molecule has 1 heterocycles. The molecule has 1 aromatic heterocycles. The smallest absolute Gasteiger partial charge is 0.269 e. The zero-order valence-electron chi connectivity index (χ0n) is 12.1. The van der Waals surface area contributed by atoms with E-state index in [1.54, 1.807) is 12.1 Å². The second kappa shape index (κ2) is 6.95. The fraction of sp³-hybridized carbons (Fsp3) is 0.133. The lowest BCUT2D eigenvalue weighted by Crippen LogP contribution is -2.28. The highest BCUT2D eigenvalue weighted by Gasteiger charge is 2.22. The summed E-state index contributed by atoms with van der Waals surface area (Å²) in [5.41, 5.74) is 2.26. The molecule has 0 atom stereocenters. The van der Waals surface area contributed by atoms with E-state index in [0.717, 1.165) is 16.4 Å². The third kappa shape index (κ3) is 3.88. The molecule has 1 aromatic carbocycles. The van der Waals surface area contributed by atoms with Crippen LogP contribution in [0.4, 0.5) is 5.69 Å². The minimum absolute atomic E-state index is 0.0472. The summed E-state index contributed by atoms with van der Waals surface area (Å²) in [6, 6.07) is 8.15. The average molecular weight is 334 g/mol. The van der Waals surface area contributed by atoms with Crippen LogP contribution < -0.4 is 0 Å². The van der Waals surface area contributed by atoms with E-state index in [2.05, 4.69) is 12.3 Å². The van der Waals surface area contributed by atoms with Gasteiger partial charge in [-0.3, -0.25) is 14.4 Å². The normalized spacial score (nSPS) is 10.8. The molecule has 0 aliphatic rings. The van der Waals surface area contributed by atoms with Crippen LogP contribution in [0, 0.1) is 10.1 Å². The molecule has 0 aliphatic carbocycles. The molecule has 2 aromatic rings. The predicted octanol–water partition coefficient (Wildman–Crippen LogP) is 2.72. The molecule has 0 saturated carbocycles. The third-order valence-corrected chi connectivity index (χ3v) is 4.82. The van der Waals surface area contributed by atoms with Gasteiger partial charge < -0.3 is 4.42 Å². The second-order valence-corrected chi connectivity index (χ2v) is 6.42. The van der Waals surface area contributed by atoms with Gasteiger partial charge in [0.1, 0.15) is 5.76 Å². The van der Waals surface area contributed by atoms with Crippen molar-refractivity contribution in [1.29, 1.82) is 0 Å². The Labute approximate surface area is 133 Å². The molecule has 0 spiro atoms. The fourth-order valence-corrected chi connectivity index (χ4v) is 3.20. The quantitative estimate of drug-likeness (QED) is 0.441. The SMILES string of the molecule is C=C=CN(CCc1ccco1)S(=O)(=O)c1ccc([N+](=O)[O-])cc1. The van der Waals surface area contributed by atoms with Crippen molar-refractivity contribution in [1.82, 2.24) is 4.31 Å². The largest absolute Gasteiger partial charge is 0.469 e. The van der Waals surface area contributed by atoms with Crippen molar-refractivity contribution >= 4 is 15.7 Å². The maximum Gasteiger partial charge on any atom is 0.269 e. The lowest BCUT2D eigenvalue weighted by Gasteiger charge is -2.19. The average Bonchev–Trinajstić information content (AvgIpc) is 3.04. The van der Waals surface area contributed by atoms with Gasteiger partial charge in [0.25, 0.3) is 15.7 Å². The van der Waals surface area contributed by atoms with Gasteiger partial charge in [-0.2, -0.15) is 0 Å². The van der Waals surface area contributed by atoms with Crippen molar-refractivity contribution in [3.63, 3.8) is 0 Å². The lowest BCUT2D eigenvalue weighted by atomic mass is 10.3. The Balaban J connectivity index is 2.25. The predicted molar refractivity (Wildman–Crippen MR) is 83.1 cm³/mol. The summed E-state index contributed by atoms with van der Waals surface area (Å²) in [6.45, 7) is 3.52. The number of sulfonamides is 1. The van der Waals surface area contributed by atoms with Crippen molar-refractivity contribution in [2.75, 3.05) is 6.54 Å². The van der Waals surface area contributed by atoms with Crippen LogP contribution in [-0.2, 0) is 16.4 Å². The zero-order valence-corrected chi connectivity index (χ0v) is 12.9. The maximum atomic E-state index is 12.6. The van der Waals surface area contributed by atoms with Crippen molar-refractivity contribution in [3.05, 3.63) is 77.0 Å². The van der Waals surface area contributed by atoms with Gasteiger partial charge in [0, 0.05) is 25.1 Å². The Bertz CT molecular complexity index is 819. The molecule has 7 nitrogen and oxygen atoms in total. The monoisotopic (exact) mass is 334 g/mol. The van der Waals surface area contributed by atoms with Gasteiger partial charge in [0.15, 0.2) is 0 Å². The van der Waals surface area contributed by atoms with Crippen LogP contribution in [0.3, 0.4) is 0 Å². The summed E-state index contributed by atoms with van der Waals surface area (Å²) in [5, 5.41) is 10.6. The van der Waals surface area contributed by atoms with Gasteiger partial charge in [-0.05, 0) is 24.3 Å². The van der Waals surface area contributed by atoms with Gasteiger partial charge in [-0.1, -0.05) is 6.58 Å². The Morgan fingerprint density at radius 1 is 1.30 bits per heavy atom. The van der Waals surface area contributed by atoms with Gasteiger partial charge in [0.05, 0.1) is 22.3 Å². The molecule has 2 rings (SSSR count). The molecule has 0 saturated heterocycles. The number of furan rings is 1. The van der Waals surface area contributed by atoms with Crippen molar-refractivity contribution < 1.29 is 17.8 Å². The van der Waals surface area contributed by atoms with Crippen LogP contribution in [0.15, 0.2) is 70.5 Å². The van der Waals surface area contributed by atoms with E-state index < -0.39 is 14.9 Å². The lowest BCUT2D eigenvalue weighted by molar-refractivity contribution is -0.384. The molecule has 0 unspecified atom stereocenters. The molecule has 0 N–H and O–H groups in total. The Hall–Kier alpha value is -2.83. The van der Waals surface area contributed by atoms with Crippen molar-refractivity contribution in [2.24, 2.45) is 0 Å². The molecule has 120 valence electrons. The number of non-ortho nitro benzene ring substituents is 1. The molecule has 8 heteroatoms. The van der Waals surface area contributed by atoms with Crippen LogP contribution in [0.5, 0.6) is 0 Å². The molecule has 0 aliphatic heterocycles. The summed E-state index contributed by atoms with van der Waals surface area (Å²) < 4.78 is 31.4. The first-order valence-electron chi connectivity index (χ1n) is 6.60. The summed E-state index contributed by atoms with van der Waals surface area (Å²) in [7, 11) is -3.85. The van der Waals surface area contributed by atoms with Crippen LogP contribution in [-0.4, -0.2) is 24.2 Å². The maximum absolute atomic E-state index is 12.6. The van der Waals surface area contributed by atoms with Gasteiger partial charge in [-0.25, -0.2) is 8.42 Å². The van der Waals surface area contributed by atoms with Gasteiger partial charge >= 0.3 is 0 Å². The van der Waals surface area contributed by atoms with E-state index in [-0.39, 0.29) is 17.1 Å². The molecule has 0 radical (unpaired) electrons. The number of nitro groups is 1. The van der Waals surface area contributed by atoms with Crippen LogP contribution in [0.1, 0.15) is 5.76 Å². The Kier molecular flexibility index (Phi) is 5.00. The molecule has 23 heavy (non-hydrogen) atoms. The summed E-state index contributed by atoms with van der Waals surface area (Å²) in [4.78, 5) is 10.0. The van der Waals surface area contributed by atoms with E-state index in [9.17, 15) is 18.5 Å². The van der Waals surface area contributed by atoms with Gasteiger partial charge in [0.2, 0.25) is 0 Å². The summed E-state index contributed by atoms with van der Waals surface area (Å²) in [5.74, 6) is 0.645. The number of nitro benzene ring substituents is 1. The number of rotatable bonds is 7. The summed E-state index contributed by atoms with van der Waals surface area (Å²) in [6.07, 6.45) is 3.10. The van der Waals surface area contributed by atoms with Crippen molar-refractivity contribution in [2.45, 2.75) is 11.3 Å². The highest BCUT2D eigenvalue weighted by Crippen LogP contribution is 2.20. The number of nitrogens with zero attached hydrogens (tertiary/aromatic N) is 2. The standard InChI is InChI=1S/C15H14N2O5S/c1-2-10-16(11-9-14-4-3-12-22-14)23(20,21)15-7-5-13(6-8-15)17(18)19/h3-8,10,12H,1,9,11H2. The van der Waals surface area contributed by atoms with E-state index >= 15 is 0 Å². The molecular formula is C15H14N2O5S. The van der Waals surface area contributed by atoms with E-state index in [4.69, 9.17) is 4.42 Å². The number of hydrogen-bond acceptors (Lipinski definition) is 5. The Morgan fingerprint density at radius 2 is 2.00 bits per heavy atom. The first-order chi connectivity index (χ1) is 10.9. The first-order valence-corrected chi connectivity index (χ1v) is 8.04. The minimum Gasteiger partial charge on any atom is -0.469 e. The second-order valence-electron chi connectivity index (χ2n) is 4.53. The van der Waals surface area contributed by atoms with Crippen LogP contribution in [0.2, 0.25) is 0 Å². The third-order valence-electron chi connectivity index (χ3n) is 3.05. The van der Waals surface area contributed by atoms with Crippen LogP contribution >= 0.6 is 0 Å². The number of hydrogen-bond donors (Lipinski definition) is 0. The molecule has 0 bridgehead atoms. The molecule has 0 amide bonds.